The van der Waals surface area contributed by atoms with Crippen LogP contribution >= 0.6 is 11.6 Å². The number of nitrogens with zero attached hydrogens (tertiary/aromatic N) is 2. The quantitative estimate of drug-likeness (QED) is 0.909. The van der Waals surface area contributed by atoms with Gasteiger partial charge < -0.3 is 9.64 Å². The standard InChI is InChI=1S/C15H16ClN3O3S/c16-11-3-1-4-12(9-11)22-13-6-8-19(10-13)15-14(23(17,20)21)5-2-7-18-15/h1-5,7,9,13H,6,8,10H2,(H2,17,20,21). The van der Waals surface area contributed by atoms with Crippen LogP contribution in [0.3, 0.4) is 0 Å². The molecule has 0 amide bonds. The Hall–Kier alpha value is -1.83. The van der Waals surface area contributed by atoms with E-state index in [1.807, 2.05) is 17.0 Å². The molecule has 122 valence electrons. The maximum Gasteiger partial charge on any atom is 0.241 e. The average molecular weight is 354 g/mol. The molecule has 1 saturated heterocycles. The second kappa shape index (κ2) is 6.35. The van der Waals surface area contributed by atoms with E-state index in [1.54, 1.807) is 24.4 Å². The fraction of sp³-hybridized carbons (Fsp3) is 0.267. The first-order chi connectivity index (χ1) is 10.9. The molecule has 2 N–H and O–H groups in total. The summed E-state index contributed by atoms with van der Waals surface area (Å²) in [4.78, 5) is 6.07. The molecular formula is C15H16ClN3O3S. The molecular weight excluding hydrogens is 338 g/mol. The van der Waals surface area contributed by atoms with Crippen molar-refractivity contribution >= 4 is 27.4 Å². The van der Waals surface area contributed by atoms with E-state index in [2.05, 4.69) is 4.98 Å². The maximum atomic E-state index is 11.7. The Labute approximate surface area is 139 Å². The zero-order chi connectivity index (χ0) is 16.4. The highest BCUT2D eigenvalue weighted by molar-refractivity contribution is 7.89. The van der Waals surface area contributed by atoms with E-state index in [9.17, 15) is 8.42 Å². The zero-order valence-corrected chi connectivity index (χ0v) is 13.8. The summed E-state index contributed by atoms with van der Waals surface area (Å²) < 4.78 is 29.3. The Bertz CT molecular complexity index is 813. The number of primary sulfonamides is 1. The number of pyridine rings is 1. The van der Waals surface area contributed by atoms with Gasteiger partial charge in [0, 0.05) is 24.2 Å². The first-order valence-electron chi connectivity index (χ1n) is 7.08. The Morgan fingerprint density at radius 1 is 1.30 bits per heavy atom. The molecule has 0 bridgehead atoms. The monoisotopic (exact) mass is 353 g/mol. The van der Waals surface area contributed by atoms with Gasteiger partial charge in [-0.2, -0.15) is 0 Å². The molecule has 8 heteroatoms. The lowest BCUT2D eigenvalue weighted by atomic mass is 10.3. The van der Waals surface area contributed by atoms with Crippen LogP contribution in [0.15, 0.2) is 47.5 Å². The fourth-order valence-corrected chi connectivity index (χ4v) is 3.48. The highest BCUT2D eigenvalue weighted by atomic mass is 35.5. The van der Waals surface area contributed by atoms with Crippen molar-refractivity contribution in [1.29, 1.82) is 0 Å². The van der Waals surface area contributed by atoms with Gasteiger partial charge in [0.15, 0.2) is 0 Å². The highest BCUT2D eigenvalue weighted by Crippen LogP contribution is 2.27. The molecule has 1 atom stereocenters. The summed E-state index contributed by atoms with van der Waals surface area (Å²) in [6.07, 6.45) is 2.24. The molecule has 3 rings (SSSR count). The Morgan fingerprint density at radius 2 is 2.13 bits per heavy atom. The van der Waals surface area contributed by atoms with Gasteiger partial charge in [-0.05, 0) is 30.3 Å². The number of ether oxygens (including phenoxy) is 1. The Kier molecular flexibility index (Phi) is 4.43. The Morgan fingerprint density at radius 3 is 2.87 bits per heavy atom. The minimum Gasteiger partial charge on any atom is -0.488 e. The van der Waals surface area contributed by atoms with E-state index in [1.165, 1.54) is 6.07 Å². The molecule has 0 radical (unpaired) electrons. The average Bonchev–Trinajstić information content (AvgIpc) is 2.95. The van der Waals surface area contributed by atoms with E-state index in [4.69, 9.17) is 21.5 Å². The van der Waals surface area contributed by atoms with Crippen LogP contribution in [-0.4, -0.2) is 32.6 Å². The molecule has 23 heavy (non-hydrogen) atoms. The van der Waals surface area contributed by atoms with Crippen LogP contribution in [-0.2, 0) is 10.0 Å². The number of rotatable bonds is 4. The lowest BCUT2D eigenvalue weighted by Gasteiger charge is -2.20. The van der Waals surface area contributed by atoms with Crippen molar-refractivity contribution in [2.24, 2.45) is 5.14 Å². The van der Waals surface area contributed by atoms with Gasteiger partial charge >= 0.3 is 0 Å². The van der Waals surface area contributed by atoms with Crippen molar-refractivity contribution in [2.45, 2.75) is 17.4 Å². The van der Waals surface area contributed by atoms with Crippen LogP contribution in [0, 0.1) is 0 Å². The molecule has 1 unspecified atom stereocenters. The van der Waals surface area contributed by atoms with Gasteiger partial charge in [0.25, 0.3) is 0 Å². The minimum atomic E-state index is -3.82. The molecule has 1 aromatic carbocycles. The topological polar surface area (TPSA) is 85.5 Å². The van der Waals surface area contributed by atoms with Crippen LogP contribution in [0.5, 0.6) is 5.75 Å². The van der Waals surface area contributed by atoms with Crippen LogP contribution < -0.4 is 14.8 Å². The summed E-state index contributed by atoms with van der Waals surface area (Å²) in [7, 11) is -3.82. The summed E-state index contributed by atoms with van der Waals surface area (Å²) in [5.41, 5.74) is 0. The summed E-state index contributed by atoms with van der Waals surface area (Å²) in [5, 5.41) is 5.87. The third kappa shape index (κ3) is 3.74. The zero-order valence-electron chi connectivity index (χ0n) is 12.2. The summed E-state index contributed by atoms with van der Waals surface area (Å²) >= 11 is 5.94. The molecule has 1 aliphatic rings. The molecule has 0 spiro atoms. The summed E-state index contributed by atoms with van der Waals surface area (Å²) in [5.74, 6) is 1.06. The van der Waals surface area contributed by atoms with E-state index >= 15 is 0 Å². The highest BCUT2D eigenvalue weighted by Gasteiger charge is 2.28. The minimum absolute atomic E-state index is 0.0309. The van der Waals surface area contributed by atoms with Gasteiger partial charge in [0.1, 0.15) is 22.6 Å². The molecule has 0 aliphatic carbocycles. The number of benzene rings is 1. The van der Waals surface area contributed by atoms with Crippen molar-refractivity contribution in [2.75, 3.05) is 18.0 Å². The number of aromatic nitrogens is 1. The number of anilines is 1. The number of sulfonamides is 1. The van der Waals surface area contributed by atoms with Crippen molar-refractivity contribution in [3.05, 3.63) is 47.6 Å². The van der Waals surface area contributed by atoms with Crippen LogP contribution in [0.2, 0.25) is 5.02 Å². The second-order valence-electron chi connectivity index (χ2n) is 5.30. The fourth-order valence-electron chi connectivity index (χ4n) is 2.59. The van der Waals surface area contributed by atoms with E-state index in [0.29, 0.717) is 29.7 Å². The third-order valence-corrected chi connectivity index (χ3v) is 4.77. The smallest absolute Gasteiger partial charge is 0.241 e. The van der Waals surface area contributed by atoms with Gasteiger partial charge in [0.05, 0.1) is 6.54 Å². The van der Waals surface area contributed by atoms with E-state index in [-0.39, 0.29) is 11.0 Å². The van der Waals surface area contributed by atoms with Gasteiger partial charge in [-0.15, -0.1) is 0 Å². The van der Waals surface area contributed by atoms with Crippen LogP contribution in [0.25, 0.3) is 0 Å². The summed E-state index contributed by atoms with van der Waals surface area (Å²) in [6, 6.07) is 10.2. The van der Waals surface area contributed by atoms with Gasteiger partial charge in [-0.3, -0.25) is 0 Å². The lowest BCUT2D eigenvalue weighted by molar-refractivity contribution is 0.225. The van der Waals surface area contributed by atoms with Crippen LogP contribution in [0.4, 0.5) is 5.82 Å². The molecule has 1 aliphatic heterocycles. The number of hydrogen-bond donors (Lipinski definition) is 1. The lowest BCUT2D eigenvalue weighted by Crippen LogP contribution is -2.27. The van der Waals surface area contributed by atoms with Crippen molar-refractivity contribution in [3.8, 4) is 5.75 Å². The third-order valence-electron chi connectivity index (χ3n) is 3.60. The predicted octanol–water partition coefficient (Wildman–Crippen LogP) is 2.04. The Balaban J connectivity index is 1.76. The predicted molar refractivity (Wildman–Crippen MR) is 88.3 cm³/mol. The molecule has 2 aromatic rings. The van der Waals surface area contributed by atoms with Gasteiger partial charge in [-0.25, -0.2) is 18.5 Å². The normalized spacial score (nSPS) is 18.2. The first-order valence-corrected chi connectivity index (χ1v) is 9.01. The van der Waals surface area contributed by atoms with Gasteiger partial charge in [-0.1, -0.05) is 17.7 Å². The second-order valence-corrected chi connectivity index (χ2v) is 7.27. The van der Waals surface area contributed by atoms with Crippen molar-refractivity contribution in [1.82, 2.24) is 4.98 Å². The van der Waals surface area contributed by atoms with E-state index in [0.717, 1.165) is 6.42 Å². The number of halogens is 1. The molecule has 6 nitrogen and oxygen atoms in total. The summed E-state index contributed by atoms with van der Waals surface area (Å²) in [6.45, 7) is 1.18. The number of hydrogen-bond acceptors (Lipinski definition) is 5. The molecule has 0 saturated carbocycles. The molecule has 1 fully saturated rings. The first kappa shape index (κ1) is 16.0. The van der Waals surface area contributed by atoms with Crippen molar-refractivity contribution < 1.29 is 13.2 Å². The number of nitrogens with two attached hydrogens (primary N) is 1. The van der Waals surface area contributed by atoms with E-state index < -0.39 is 10.0 Å². The van der Waals surface area contributed by atoms with Crippen LogP contribution in [0.1, 0.15) is 6.42 Å². The molecule has 1 aromatic heterocycles. The molecule has 2 heterocycles. The largest absolute Gasteiger partial charge is 0.488 e. The van der Waals surface area contributed by atoms with Gasteiger partial charge in [0.2, 0.25) is 10.0 Å². The SMILES string of the molecule is NS(=O)(=O)c1cccnc1N1CCC(Oc2cccc(Cl)c2)C1. The van der Waals surface area contributed by atoms with Crippen molar-refractivity contribution in [3.63, 3.8) is 0 Å². The maximum absolute atomic E-state index is 11.7.